The zero-order chi connectivity index (χ0) is 19.4. The molecule has 0 unspecified atom stereocenters. The van der Waals surface area contributed by atoms with Crippen LogP contribution in [0.4, 0.5) is 9.59 Å². The van der Waals surface area contributed by atoms with Crippen molar-refractivity contribution >= 4 is 18.0 Å². The Hall–Kier alpha value is -2.41. The van der Waals surface area contributed by atoms with Gasteiger partial charge in [0.2, 0.25) is 0 Å². The molecule has 0 fully saturated rings. The second kappa shape index (κ2) is 7.65. The number of carbonyl (C=O) groups excluding carboxylic acids is 2. The molecule has 0 aliphatic rings. The zero-order valence-electron chi connectivity index (χ0n) is 15.7. The van der Waals surface area contributed by atoms with Crippen LogP contribution in [0.15, 0.2) is 24.3 Å². The van der Waals surface area contributed by atoms with Crippen LogP contribution >= 0.6 is 0 Å². The standard InChI is InChI=1S/C18H27N3O4/c1-17(2,3)24-15(22)21(16(23)25-18(4,5)6)14(20)13-9-7-12(11-19)8-10-13/h7-10,20H,11,19H2,1-6H3. The van der Waals surface area contributed by atoms with E-state index in [-0.39, 0.29) is 5.84 Å². The van der Waals surface area contributed by atoms with Crippen molar-refractivity contribution in [1.29, 1.82) is 5.41 Å². The highest BCUT2D eigenvalue weighted by atomic mass is 16.6. The maximum absolute atomic E-state index is 12.5. The van der Waals surface area contributed by atoms with Crippen molar-refractivity contribution in [2.75, 3.05) is 0 Å². The summed E-state index contributed by atoms with van der Waals surface area (Å²) in [5.74, 6) is -0.327. The summed E-state index contributed by atoms with van der Waals surface area (Å²) in [5.41, 5.74) is 5.16. The number of hydrogen-bond acceptors (Lipinski definition) is 6. The molecule has 1 aromatic carbocycles. The highest BCUT2D eigenvalue weighted by Gasteiger charge is 2.34. The lowest BCUT2D eigenvalue weighted by molar-refractivity contribution is 0.0147. The minimum Gasteiger partial charge on any atom is -0.443 e. The molecule has 138 valence electrons. The molecule has 0 aliphatic heterocycles. The van der Waals surface area contributed by atoms with E-state index in [0.29, 0.717) is 17.0 Å². The first-order valence-electron chi connectivity index (χ1n) is 7.98. The third kappa shape index (κ3) is 6.54. The number of amides is 2. The monoisotopic (exact) mass is 349 g/mol. The maximum atomic E-state index is 12.5. The fourth-order valence-electron chi connectivity index (χ4n) is 1.80. The van der Waals surface area contributed by atoms with Crippen LogP contribution in [0.2, 0.25) is 0 Å². The highest BCUT2D eigenvalue weighted by molar-refractivity contribution is 6.14. The molecule has 0 spiro atoms. The van der Waals surface area contributed by atoms with Gasteiger partial charge in [-0.05, 0) is 47.1 Å². The summed E-state index contributed by atoms with van der Waals surface area (Å²) in [7, 11) is 0. The number of imide groups is 1. The molecule has 1 aromatic rings. The van der Waals surface area contributed by atoms with E-state index < -0.39 is 23.4 Å². The molecular weight excluding hydrogens is 322 g/mol. The quantitative estimate of drug-likeness (QED) is 0.626. The van der Waals surface area contributed by atoms with Crippen LogP contribution in [0.1, 0.15) is 52.7 Å². The summed E-state index contributed by atoms with van der Waals surface area (Å²) < 4.78 is 10.5. The van der Waals surface area contributed by atoms with E-state index in [4.69, 9.17) is 20.6 Å². The van der Waals surface area contributed by atoms with Gasteiger partial charge in [0.15, 0.2) is 0 Å². The molecule has 0 saturated heterocycles. The predicted octanol–water partition coefficient (Wildman–Crippen LogP) is 3.64. The van der Waals surface area contributed by atoms with Gasteiger partial charge in [0.1, 0.15) is 17.0 Å². The summed E-state index contributed by atoms with van der Waals surface area (Å²) in [6, 6.07) is 6.69. The molecule has 7 heteroatoms. The van der Waals surface area contributed by atoms with Crippen LogP contribution < -0.4 is 5.73 Å². The average molecular weight is 349 g/mol. The summed E-state index contributed by atoms with van der Waals surface area (Å²) in [6.07, 6.45) is -1.93. The van der Waals surface area contributed by atoms with Crippen LogP contribution in [0, 0.1) is 5.41 Å². The topological polar surface area (TPSA) is 106 Å². The molecule has 2 amide bonds. The zero-order valence-corrected chi connectivity index (χ0v) is 15.7. The number of hydrogen-bond donors (Lipinski definition) is 2. The lowest BCUT2D eigenvalue weighted by Gasteiger charge is -2.28. The number of ether oxygens (including phenoxy) is 2. The van der Waals surface area contributed by atoms with Gasteiger partial charge in [-0.25, -0.2) is 9.59 Å². The molecule has 3 N–H and O–H groups in total. The molecule has 0 radical (unpaired) electrons. The second-order valence-corrected chi connectivity index (χ2v) is 7.55. The first kappa shape index (κ1) is 20.6. The number of benzene rings is 1. The fourth-order valence-corrected chi connectivity index (χ4v) is 1.80. The van der Waals surface area contributed by atoms with E-state index in [1.165, 1.54) is 0 Å². The largest absolute Gasteiger partial charge is 0.443 e. The second-order valence-electron chi connectivity index (χ2n) is 7.55. The van der Waals surface area contributed by atoms with Gasteiger partial charge >= 0.3 is 12.2 Å². The van der Waals surface area contributed by atoms with Crippen molar-refractivity contribution in [3.63, 3.8) is 0 Å². The van der Waals surface area contributed by atoms with Crippen molar-refractivity contribution in [3.05, 3.63) is 35.4 Å². The first-order valence-corrected chi connectivity index (χ1v) is 7.98. The molecule has 0 atom stereocenters. The van der Waals surface area contributed by atoms with E-state index in [0.717, 1.165) is 5.56 Å². The highest BCUT2D eigenvalue weighted by Crippen LogP contribution is 2.17. The Labute approximate surface area is 148 Å². The summed E-state index contributed by atoms with van der Waals surface area (Å²) in [5, 5.41) is 8.28. The predicted molar refractivity (Wildman–Crippen MR) is 95.5 cm³/mol. The molecule has 7 nitrogen and oxygen atoms in total. The molecular formula is C18H27N3O4. The Bertz CT molecular complexity index is 612. The van der Waals surface area contributed by atoms with Gasteiger partial charge in [0, 0.05) is 12.1 Å². The number of nitrogens with one attached hydrogen (secondary N) is 1. The molecule has 0 aromatic heterocycles. The third-order valence-corrected chi connectivity index (χ3v) is 2.84. The maximum Gasteiger partial charge on any atom is 0.425 e. The van der Waals surface area contributed by atoms with E-state index in [1.54, 1.807) is 65.8 Å². The molecule has 0 bridgehead atoms. The van der Waals surface area contributed by atoms with Crippen LogP contribution in [0.25, 0.3) is 0 Å². The fraction of sp³-hybridized carbons (Fsp3) is 0.500. The first-order chi connectivity index (χ1) is 11.3. The van der Waals surface area contributed by atoms with Crippen LogP contribution in [0.3, 0.4) is 0 Å². The average Bonchev–Trinajstić information content (AvgIpc) is 2.43. The Morgan fingerprint density at radius 1 is 0.960 bits per heavy atom. The molecule has 0 heterocycles. The number of carbonyl (C=O) groups is 2. The van der Waals surface area contributed by atoms with Gasteiger partial charge in [0.05, 0.1) is 0 Å². The SMILES string of the molecule is CC(C)(C)OC(=O)N(C(=N)c1ccc(CN)cc1)C(=O)OC(C)(C)C. The molecule has 25 heavy (non-hydrogen) atoms. The summed E-state index contributed by atoms with van der Waals surface area (Å²) in [6.45, 7) is 10.4. The Balaban J connectivity index is 3.17. The van der Waals surface area contributed by atoms with Crippen molar-refractivity contribution in [1.82, 2.24) is 4.90 Å². The number of rotatable bonds is 2. The van der Waals surface area contributed by atoms with Gasteiger partial charge < -0.3 is 15.2 Å². The summed E-state index contributed by atoms with van der Waals surface area (Å²) >= 11 is 0. The number of amidine groups is 1. The van der Waals surface area contributed by atoms with E-state index >= 15 is 0 Å². The van der Waals surface area contributed by atoms with Gasteiger partial charge in [-0.3, -0.25) is 5.41 Å². The van der Waals surface area contributed by atoms with Crippen molar-refractivity contribution in [2.24, 2.45) is 5.73 Å². The van der Waals surface area contributed by atoms with Gasteiger partial charge in [0.25, 0.3) is 0 Å². The Morgan fingerprint density at radius 3 is 1.68 bits per heavy atom. The van der Waals surface area contributed by atoms with Crippen molar-refractivity contribution in [2.45, 2.75) is 59.3 Å². The smallest absolute Gasteiger partial charge is 0.425 e. The normalized spacial score (nSPS) is 11.6. The van der Waals surface area contributed by atoms with Gasteiger partial charge in [-0.2, -0.15) is 4.90 Å². The minimum absolute atomic E-state index is 0.327. The third-order valence-electron chi connectivity index (χ3n) is 2.84. The van der Waals surface area contributed by atoms with Gasteiger partial charge in [-0.1, -0.05) is 24.3 Å². The van der Waals surface area contributed by atoms with Gasteiger partial charge in [-0.15, -0.1) is 0 Å². The summed E-state index contributed by atoms with van der Waals surface area (Å²) in [4.78, 5) is 25.5. The van der Waals surface area contributed by atoms with Crippen molar-refractivity contribution in [3.8, 4) is 0 Å². The molecule has 0 aliphatic carbocycles. The minimum atomic E-state index is -0.963. The Kier molecular flexibility index (Phi) is 6.31. The Morgan fingerprint density at radius 2 is 1.36 bits per heavy atom. The molecule has 0 saturated carbocycles. The lowest BCUT2D eigenvalue weighted by atomic mass is 10.1. The lowest BCUT2D eigenvalue weighted by Crippen LogP contribution is -2.47. The van der Waals surface area contributed by atoms with E-state index in [1.807, 2.05) is 0 Å². The number of nitrogens with two attached hydrogens (primary N) is 1. The number of nitrogens with zero attached hydrogens (tertiary/aromatic N) is 1. The van der Waals surface area contributed by atoms with E-state index in [9.17, 15) is 9.59 Å². The van der Waals surface area contributed by atoms with Crippen LogP contribution in [-0.4, -0.2) is 34.1 Å². The van der Waals surface area contributed by atoms with Crippen LogP contribution in [0.5, 0.6) is 0 Å². The van der Waals surface area contributed by atoms with Crippen LogP contribution in [-0.2, 0) is 16.0 Å². The van der Waals surface area contributed by atoms with Crippen molar-refractivity contribution < 1.29 is 19.1 Å². The van der Waals surface area contributed by atoms with E-state index in [2.05, 4.69) is 0 Å². The molecule has 1 rings (SSSR count).